The zero-order valence-corrected chi connectivity index (χ0v) is 13.2. The molecule has 1 aromatic rings. The molecule has 1 saturated carbocycles. The number of halogens is 1. The zero-order valence-electron chi connectivity index (χ0n) is 12.4. The van der Waals surface area contributed by atoms with E-state index < -0.39 is 0 Å². The summed E-state index contributed by atoms with van der Waals surface area (Å²) in [5.74, 6) is 0.147. The Hall–Kier alpha value is -1.06. The Balaban J connectivity index is 1.77. The van der Waals surface area contributed by atoms with Crippen LogP contribution in [0.25, 0.3) is 0 Å². The maximum absolute atomic E-state index is 12.7. The number of nitrogens with zero attached hydrogens (tertiary/aromatic N) is 1. The summed E-state index contributed by atoms with van der Waals surface area (Å²) in [6.07, 6.45) is 4.74. The van der Waals surface area contributed by atoms with Crippen LogP contribution in [0, 0.1) is 6.92 Å². The number of rotatable bonds is 2. The summed E-state index contributed by atoms with van der Waals surface area (Å²) in [7, 11) is 0. The zero-order chi connectivity index (χ0) is 15.0. The van der Waals surface area contributed by atoms with Crippen molar-refractivity contribution in [2.24, 2.45) is 0 Å². The Morgan fingerprint density at radius 3 is 2.90 bits per heavy atom. The maximum atomic E-state index is 12.7. The summed E-state index contributed by atoms with van der Waals surface area (Å²) in [6, 6.07) is 5.84. The van der Waals surface area contributed by atoms with Crippen LogP contribution in [0.5, 0.6) is 0 Å². The molecule has 2 aliphatic rings. The number of piperidine rings is 1. The molecule has 0 aromatic heterocycles. The van der Waals surface area contributed by atoms with Gasteiger partial charge in [0, 0.05) is 17.1 Å². The molecule has 1 atom stereocenters. The van der Waals surface area contributed by atoms with E-state index in [2.05, 4.69) is 0 Å². The molecule has 1 amide bonds. The minimum Gasteiger partial charge on any atom is -0.393 e. The molecule has 1 aliphatic heterocycles. The molecule has 2 fully saturated rings. The maximum Gasteiger partial charge on any atom is 0.227 e. The summed E-state index contributed by atoms with van der Waals surface area (Å²) < 4.78 is 0. The lowest BCUT2D eigenvalue weighted by atomic mass is 9.69. The third-order valence-electron chi connectivity index (χ3n) is 5.07. The highest BCUT2D eigenvalue weighted by molar-refractivity contribution is 6.32. The second-order valence-electron chi connectivity index (χ2n) is 6.49. The summed E-state index contributed by atoms with van der Waals surface area (Å²) in [4.78, 5) is 14.7. The standard InChI is InChI=1S/C17H22ClNO2/c1-12-4-2-5-13(16(12)18)10-15(21)19-9-6-14(20)11-17(19)7-3-8-17/h2,4-5,14,20H,3,6-11H2,1H3. The molecule has 3 rings (SSSR count). The van der Waals surface area contributed by atoms with E-state index in [0.29, 0.717) is 24.4 Å². The molecule has 1 saturated heterocycles. The van der Waals surface area contributed by atoms with E-state index >= 15 is 0 Å². The monoisotopic (exact) mass is 307 g/mol. The molecule has 1 unspecified atom stereocenters. The van der Waals surface area contributed by atoms with Crippen LogP contribution in [0.15, 0.2) is 18.2 Å². The third kappa shape index (κ3) is 2.69. The Bertz CT molecular complexity index is 554. The van der Waals surface area contributed by atoms with Crippen molar-refractivity contribution in [3.05, 3.63) is 34.3 Å². The fourth-order valence-corrected chi connectivity index (χ4v) is 3.91. The lowest BCUT2D eigenvalue weighted by Gasteiger charge is -2.54. The van der Waals surface area contributed by atoms with E-state index in [1.165, 1.54) is 0 Å². The van der Waals surface area contributed by atoms with Gasteiger partial charge in [0.05, 0.1) is 12.5 Å². The van der Waals surface area contributed by atoms with Crippen LogP contribution in [0.1, 0.15) is 43.2 Å². The van der Waals surface area contributed by atoms with Crippen LogP contribution in [0.4, 0.5) is 0 Å². The Labute approximate surface area is 130 Å². The average Bonchev–Trinajstić information content (AvgIpc) is 2.42. The van der Waals surface area contributed by atoms with Crippen LogP contribution in [-0.4, -0.2) is 34.1 Å². The molecule has 1 spiro atoms. The SMILES string of the molecule is Cc1cccc(CC(=O)N2CCC(O)CC23CCC3)c1Cl. The first-order valence-electron chi connectivity index (χ1n) is 7.74. The Kier molecular flexibility index (Phi) is 3.98. The van der Waals surface area contributed by atoms with Gasteiger partial charge in [0.15, 0.2) is 0 Å². The van der Waals surface area contributed by atoms with Crippen molar-refractivity contribution < 1.29 is 9.90 Å². The highest BCUT2D eigenvalue weighted by Gasteiger charge is 2.48. The first-order chi connectivity index (χ1) is 10.0. The number of amides is 1. The van der Waals surface area contributed by atoms with E-state index in [-0.39, 0.29) is 17.6 Å². The smallest absolute Gasteiger partial charge is 0.227 e. The van der Waals surface area contributed by atoms with Gasteiger partial charge in [-0.3, -0.25) is 4.79 Å². The molecule has 114 valence electrons. The molecular formula is C17H22ClNO2. The molecule has 1 N–H and O–H groups in total. The summed E-state index contributed by atoms with van der Waals surface area (Å²) in [5.41, 5.74) is 1.84. The molecule has 4 heteroatoms. The molecule has 1 aliphatic carbocycles. The number of hydrogen-bond donors (Lipinski definition) is 1. The molecule has 0 bridgehead atoms. The minimum absolute atomic E-state index is 0.0783. The van der Waals surface area contributed by atoms with E-state index in [1.54, 1.807) is 0 Å². The van der Waals surface area contributed by atoms with Crippen LogP contribution < -0.4 is 0 Å². The van der Waals surface area contributed by atoms with Crippen LogP contribution >= 0.6 is 11.6 Å². The van der Waals surface area contributed by atoms with Gasteiger partial charge < -0.3 is 10.0 Å². The first-order valence-corrected chi connectivity index (χ1v) is 8.12. The van der Waals surface area contributed by atoms with Crippen molar-refractivity contribution in [1.82, 2.24) is 4.90 Å². The molecule has 21 heavy (non-hydrogen) atoms. The third-order valence-corrected chi connectivity index (χ3v) is 5.61. The molecular weight excluding hydrogens is 286 g/mol. The topological polar surface area (TPSA) is 40.5 Å². The van der Waals surface area contributed by atoms with Gasteiger partial charge in [-0.1, -0.05) is 29.8 Å². The summed E-state index contributed by atoms with van der Waals surface area (Å²) >= 11 is 6.31. The molecule has 0 radical (unpaired) electrons. The number of aliphatic hydroxyl groups is 1. The Morgan fingerprint density at radius 2 is 2.24 bits per heavy atom. The molecule has 1 aromatic carbocycles. The molecule has 3 nitrogen and oxygen atoms in total. The van der Waals surface area contributed by atoms with E-state index in [9.17, 15) is 9.90 Å². The van der Waals surface area contributed by atoms with Crippen molar-refractivity contribution in [2.75, 3.05) is 6.54 Å². The van der Waals surface area contributed by atoms with E-state index in [1.807, 2.05) is 30.0 Å². The van der Waals surface area contributed by atoms with Gasteiger partial charge in [-0.15, -0.1) is 0 Å². The van der Waals surface area contributed by atoms with Gasteiger partial charge in [0.25, 0.3) is 0 Å². The van der Waals surface area contributed by atoms with Gasteiger partial charge in [-0.25, -0.2) is 0 Å². The van der Waals surface area contributed by atoms with Crippen LogP contribution in [0.3, 0.4) is 0 Å². The quantitative estimate of drug-likeness (QED) is 0.912. The van der Waals surface area contributed by atoms with Gasteiger partial charge in [0.1, 0.15) is 0 Å². The normalized spacial score (nSPS) is 24.0. The second-order valence-corrected chi connectivity index (χ2v) is 6.87. The fourth-order valence-electron chi connectivity index (χ4n) is 3.72. The van der Waals surface area contributed by atoms with Crippen LogP contribution in [0.2, 0.25) is 5.02 Å². The lowest BCUT2D eigenvalue weighted by molar-refractivity contribution is -0.148. The largest absolute Gasteiger partial charge is 0.393 e. The van der Waals surface area contributed by atoms with Gasteiger partial charge in [-0.2, -0.15) is 0 Å². The lowest BCUT2D eigenvalue weighted by Crippen LogP contribution is -2.61. The number of carbonyl (C=O) groups is 1. The van der Waals surface area contributed by atoms with Gasteiger partial charge in [0.2, 0.25) is 5.91 Å². The number of carbonyl (C=O) groups excluding carboxylic acids is 1. The number of likely N-dealkylation sites (tertiary alicyclic amines) is 1. The van der Waals surface area contributed by atoms with Crippen LogP contribution in [-0.2, 0) is 11.2 Å². The minimum atomic E-state index is -0.253. The highest BCUT2D eigenvalue weighted by Crippen LogP contribution is 2.44. The van der Waals surface area contributed by atoms with E-state index in [0.717, 1.165) is 36.8 Å². The van der Waals surface area contributed by atoms with Crippen molar-refractivity contribution in [1.29, 1.82) is 0 Å². The first kappa shape index (κ1) is 14.9. The highest BCUT2D eigenvalue weighted by atomic mass is 35.5. The summed E-state index contributed by atoms with van der Waals surface area (Å²) in [5, 5.41) is 10.6. The number of benzene rings is 1. The Morgan fingerprint density at radius 1 is 1.48 bits per heavy atom. The predicted octanol–water partition coefficient (Wildman–Crippen LogP) is 3.10. The average molecular weight is 308 g/mol. The number of aryl methyl sites for hydroxylation is 1. The van der Waals surface area contributed by atoms with Gasteiger partial charge in [-0.05, 0) is 50.2 Å². The fraction of sp³-hybridized carbons (Fsp3) is 0.588. The number of aliphatic hydroxyl groups excluding tert-OH is 1. The predicted molar refractivity (Wildman–Crippen MR) is 83.4 cm³/mol. The van der Waals surface area contributed by atoms with Crippen molar-refractivity contribution in [2.45, 2.75) is 57.1 Å². The molecule has 1 heterocycles. The van der Waals surface area contributed by atoms with Crippen molar-refractivity contribution in [3.8, 4) is 0 Å². The van der Waals surface area contributed by atoms with Crippen molar-refractivity contribution >= 4 is 17.5 Å². The van der Waals surface area contributed by atoms with Crippen molar-refractivity contribution in [3.63, 3.8) is 0 Å². The van der Waals surface area contributed by atoms with Gasteiger partial charge >= 0.3 is 0 Å². The number of hydrogen-bond acceptors (Lipinski definition) is 2. The van der Waals surface area contributed by atoms with E-state index in [4.69, 9.17) is 11.6 Å². The second kappa shape index (κ2) is 5.62. The summed E-state index contributed by atoms with van der Waals surface area (Å²) in [6.45, 7) is 2.63.